The van der Waals surface area contributed by atoms with Crippen molar-refractivity contribution >= 4 is 22.4 Å². The molecule has 0 amide bonds. The van der Waals surface area contributed by atoms with Gasteiger partial charge in [-0.15, -0.1) is 0 Å². The molecule has 23 heavy (non-hydrogen) atoms. The molecule has 0 saturated heterocycles. The normalized spacial score (nSPS) is 14.0. The first-order valence-corrected chi connectivity index (χ1v) is 7.96. The molecule has 0 aliphatic heterocycles. The Morgan fingerprint density at radius 3 is 2.87 bits per heavy atom. The van der Waals surface area contributed by atoms with E-state index in [1.165, 1.54) is 17.5 Å². The highest BCUT2D eigenvalue weighted by Crippen LogP contribution is 2.37. The maximum atomic E-state index is 12.8. The molecule has 0 bridgehead atoms. The molecule has 0 fully saturated rings. The van der Waals surface area contributed by atoms with Gasteiger partial charge in [0.15, 0.2) is 5.76 Å². The van der Waals surface area contributed by atoms with E-state index in [2.05, 4.69) is 11.1 Å². The molecule has 1 aliphatic carbocycles. The van der Waals surface area contributed by atoms with E-state index in [9.17, 15) is 4.79 Å². The zero-order valence-corrected chi connectivity index (χ0v) is 13.1. The molecule has 1 aliphatic rings. The highest BCUT2D eigenvalue weighted by molar-refractivity contribution is 6.15. The van der Waals surface area contributed by atoms with Crippen molar-refractivity contribution in [2.45, 2.75) is 32.6 Å². The van der Waals surface area contributed by atoms with E-state index < -0.39 is 0 Å². The molecule has 116 valence electrons. The van der Waals surface area contributed by atoms with Crippen molar-refractivity contribution in [1.82, 2.24) is 4.98 Å². The molecule has 4 nitrogen and oxygen atoms in total. The quantitative estimate of drug-likeness (QED) is 0.731. The van der Waals surface area contributed by atoms with Crippen LogP contribution >= 0.6 is 0 Å². The highest BCUT2D eigenvalue weighted by atomic mass is 16.3. The molecular weight excluding hydrogens is 288 g/mol. The first-order chi connectivity index (χ1) is 11.2. The number of nitrogen functional groups attached to an aromatic ring is 1. The van der Waals surface area contributed by atoms with Crippen LogP contribution in [-0.4, -0.2) is 10.8 Å². The summed E-state index contributed by atoms with van der Waals surface area (Å²) in [5, 5.41) is 0.923. The second-order valence-electron chi connectivity index (χ2n) is 6.09. The van der Waals surface area contributed by atoms with Crippen molar-refractivity contribution in [1.29, 1.82) is 0 Å². The van der Waals surface area contributed by atoms with E-state index >= 15 is 0 Å². The fraction of sp³-hybridized carbons (Fsp3) is 0.263. The zero-order valence-electron chi connectivity index (χ0n) is 13.1. The maximum absolute atomic E-state index is 12.8. The monoisotopic (exact) mass is 306 g/mol. The van der Waals surface area contributed by atoms with Crippen LogP contribution < -0.4 is 5.73 Å². The molecule has 0 spiro atoms. The number of fused-ring (bicyclic) bond motifs is 3. The maximum Gasteiger partial charge on any atom is 0.232 e. The molecule has 0 unspecified atom stereocenters. The number of furan rings is 1. The molecule has 4 heteroatoms. The fourth-order valence-electron chi connectivity index (χ4n) is 3.48. The zero-order chi connectivity index (χ0) is 16.0. The highest BCUT2D eigenvalue weighted by Gasteiger charge is 2.25. The minimum atomic E-state index is -0.200. The van der Waals surface area contributed by atoms with Crippen molar-refractivity contribution in [3.8, 4) is 0 Å². The Balaban J connectivity index is 1.90. The Kier molecular flexibility index (Phi) is 3.18. The van der Waals surface area contributed by atoms with Gasteiger partial charge < -0.3 is 10.2 Å². The van der Waals surface area contributed by atoms with Gasteiger partial charge in [-0.3, -0.25) is 9.78 Å². The summed E-state index contributed by atoms with van der Waals surface area (Å²) in [6.45, 7) is 1.81. The number of anilines is 1. The molecule has 3 aromatic rings. The minimum absolute atomic E-state index is 0.200. The third-order valence-corrected chi connectivity index (χ3v) is 4.68. The van der Waals surface area contributed by atoms with Crippen LogP contribution in [0.1, 0.15) is 45.8 Å². The largest absolute Gasteiger partial charge is 0.450 e. The summed E-state index contributed by atoms with van der Waals surface area (Å²) in [6.07, 6.45) is 6.10. The van der Waals surface area contributed by atoms with Crippen LogP contribution in [0, 0.1) is 6.92 Å². The number of aryl methyl sites for hydroxylation is 3. The van der Waals surface area contributed by atoms with Crippen LogP contribution in [0.4, 0.5) is 5.69 Å². The van der Waals surface area contributed by atoms with Crippen molar-refractivity contribution in [2.24, 2.45) is 0 Å². The summed E-state index contributed by atoms with van der Waals surface area (Å²) in [5.74, 6) is 0.0314. The Labute approximate surface area is 134 Å². The fourth-order valence-corrected chi connectivity index (χ4v) is 3.48. The SMILES string of the molecule is Cc1ncccc1C(=O)c1oc2ccc3c(c2c1N)CCCC3. The van der Waals surface area contributed by atoms with E-state index in [-0.39, 0.29) is 11.5 Å². The molecule has 0 radical (unpaired) electrons. The summed E-state index contributed by atoms with van der Waals surface area (Å²) in [5.41, 5.74) is 11.3. The number of aromatic nitrogens is 1. The predicted molar refractivity (Wildman–Crippen MR) is 89.7 cm³/mol. The lowest BCUT2D eigenvalue weighted by molar-refractivity contribution is 0.101. The van der Waals surface area contributed by atoms with Crippen molar-refractivity contribution < 1.29 is 9.21 Å². The van der Waals surface area contributed by atoms with Gasteiger partial charge in [-0.2, -0.15) is 0 Å². The molecule has 2 N–H and O–H groups in total. The van der Waals surface area contributed by atoms with Crippen LogP contribution in [0.15, 0.2) is 34.9 Å². The molecule has 4 rings (SSSR count). The molecule has 2 heterocycles. The third-order valence-electron chi connectivity index (χ3n) is 4.68. The van der Waals surface area contributed by atoms with E-state index in [1.54, 1.807) is 18.3 Å². The Hall–Kier alpha value is -2.62. The topological polar surface area (TPSA) is 69.1 Å². The predicted octanol–water partition coefficient (Wildman–Crippen LogP) is 3.83. The number of hydrogen-bond acceptors (Lipinski definition) is 4. The summed E-state index contributed by atoms with van der Waals surface area (Å²) < 4.78 is 5.83. The Morgan fingerprint density at radius 1 is 1.22 bits per heavy atom. The Bertz CT molecular complexity index is 925. The van der Waals surface area contributed by atoms with Crippen molar-refractivity contribution in [3.05, 3.63) is 58.6 Å². The second-order valence-corrected chi connectivity index (χ2v) is 6.09. The summed E-state index contributed by atoms with van der Waals surface area (Å²) in [6, 6.07) is 7.54. The molecule has 1 aromatic carbocycles. The number of carbonyl (C=O) groups excluding carboxylic acids is 1. The van der Waals surface area contributed by atoms with Gasteiger partial charge in [-0.25, -0.2) is 0 Å². The average Bonchev–Trinajstić information content (AvgIpc) is 2.92. The van der Waals surface area contributed by atoms with Crippen molar-refractivity contribution in [3.63, 3.8) is 0 Å². The Morgan fingerprint density at radius 2 is 2.04 bits per heavy atom. The third kappa shape index (κ3) is 2.13. The minimum Gasteiger partial charge on any atom is -0.450 e. The number of carbonyl (C=O) groups is 1. The summed E-state index contributed by atoms with van der Waals surface area (Å²) in [4.78, 5) is 17.0. The van der Waals surface area contributed by atoms with Crippen LogP contribution in [-0.2, 0) is 12.8 Å². The summed E-state index contributed by atoms with van der Waals surface area (Å²) >= 11 is 0. The van der Waals surface area contributed by atoms with Gasteiger partial charge in [0.2, 0.25) is 5.78 Å². The summed E-state index contributed by atoms with van der Waals surface area (Å²) in [7, 11) is 0. The van der Waals surface area contributed by atoms with Gasteiger partial charge in [-0.1, -0.05) is 6.07 Å². The molecule has 0 saturated carbocycles. The van der Waals surface area contributed by atoms with Gasteiger partial charge >= 0.3 is 0 Å². The number of nitrogens with two attached hydrogens (primary N) is 1. The van der Waals surface area contributed by atoms with Crippen LogP contribution in [0.5, 0.6) is 0 Å². The second kappa shape index (κ2) is 5.23. The van der Waals surface area contributed by atoms with E-state index in [0.29, 0.717) is 22.5 Å². The first kappa shape index (κ1) is 14.0. The van der Waals surface area contributed by atoms with Crippen LogP contribution in [0.25, 0.3) is 11.0 Å². The van der Waals surface area contributed by atoms with Crippen molar-refractivity contribution in [2.75, 3.05) is 5.73 Å². The van der Waals surface area contributed by atoms with Gasteiger partial charge in [0.25, 0.3) is 0 Å². The van der Waals surface area contributed by atoms with E-state index in [0.717, 1.165) is 24.6 Å². The molecule has 2 aromatic heterocycles. The molecule has 0 atom stereocenters. The lowest BCUT2D eigenvalue weighted by Crippen LogP contribution is -2.07. The van der Waals surface area contributed by atoms with Crippen LogP contribution in [0.2, 0.25) is 0 Å². The van der Waals surface area contributed by atoms with Gasteiger partial charge in [0, 0.05) is 22.8 Å². The van der Waals surface area contributed by atoms with Gasteiger partial charge in [-0.05, 0) is 61.9 Å². The number of nitrogens with zero attached hydrogens (tertiary/aromatic N) is 1. The number of benzene rings is 1. The van der Waals surface area contributed by atoms with Gasteiger partial charge in [0.1, 0.15) is 5.58 Å². The number of pyridine rings is 1. The number of ketones is 1. The smallest absolute Gasteiger partial charge is 0.232 e. The van der Waals surface area contributed by atoms with E-state index in [4.69, 9.17) is 10.2 Å². The lowest BCUT2D eigenvalue weighted by atomic mass is 9.89. The standard InChI is InChI=1S/C19H18N2O2/c1-11-13(7-4-10-21-11)18(22)19-17(20)16-14-6-3-2-5-12(14)8-9-15(16)23-19/h4,7-10H,2-3,5-6,20H2,1H3. The number of hydrogen-bond donors (Lipinski definition) is 1. The van der Waals surface area contributed by atoms with Gasteiger partial charge in [0.05, 0.1) is 5.69 Å². The molecular formula is C19H18N2O2. The lowest BCUT2D eigenvalue weighted by Gasteiger charge is -2.16. The van der Waals surface area contributed by atoms with Crippen LogP contribution in [0.3, 0.4) is 0 Å². The van der Waals surface area contributed by atoms with E-state index in [1.807, 2.05) is 13.0 Å². The first-order valence-electron chi connectivity index (χ1n) is 7.96. The number of rotatable bonds is 2. The average molecular weight is 306 g/mol.